The van der Waals surface area contributed by atoms with E-state index in [0.29, 0.717) is 17.3 Å². The van der Waals surface area contributed by atoms with E-state index >= 15 is 0 Å². The van der Waals surface area contributed by atoms with Crippen LogP contribution < -0.4 is 14.8 Å². The van der Waals surface area contributed by atoms with E-state index in [0.717, 1.165) is 36.9 Å². The van der Waals surface area contributed by atoms with Crippen molar-refractivity contribution in [3.8, 4) is 22.8 Å². The number of aromatic carboxylic acids is 1. The predicted molar refractivity (Wildman–Crippen MR) is 131 cm³/mol. The molecule has 9 heteroatoms. The molecule has 1 fully saturated rings. The maximum Gasteiger partial charge on any atom is 0.341 e. The first-order valence-corrected chi connectivity index (χ1v) is 11.7. The molecular formula is C26H31N3O6. The zero-order chi connectivity index (χ0) is 24.6. The van der Waals surface area contributed by atoms with Gasteiger partial charge in [0, 0.05) is 38.0 Å². The molecule has 2 N–H and O–H groups in total. The number of carbonyl (C=O) groups is 1. The van der Waals surface area contributed by atoms with Gasteiger partial charge in [0.05, 0.1) is 17.4 Å². The van der Waals surface area contributed by atoms with Crippen LogP contribution in [0.3, 0.4) is 0 Å². The Morgan fingerprint density at radius 1 is 1.03 bits per heavy atom. The maximum atomic E-state index is 12.3. The molecule has 0 radical (unpaired) electrons. The second-order valence-electron chi connectivity index (χ2n) is 8.39. The molecule has 0 spiro atoms. The van der Waals surface area contributed by atoms with Crippen molar-refractivity contribution in [3.63, 3.8) is 0 Å². The van der Waals surface area contributed by atoms with E-state index in [2.05, 4.69) is 5.32 Å². The standard InChI is InChI=1S/C26H31N3O6/c1-32-16-34-20-13-22(25(26(30)31)23(14-20)35-17-33-2)27-24-15-21(18-9-5-3-6-10-18)28-29(24)19-11-7-4-8-12-19/h3,5-6,9-10,13-15,19,27H,4,7-8,11-12,16-17H2,1-2H3,(H,30,31). The van der Waals surface area contributed by atoms with Gasteiger partial charge in [0.25, 0.3) is 0 Å². The third-order valence-corrected chi connectivity index (χ3v) is 5.95. The van der Waals surface area contributed by atoms with Gasteiger partial charge in [-0.1, -0.05) is 49.6 Å². The van der Waals surface area contributed by atoms with Crippen molar-refractivity contribution in [1.82, 2.24) is 9.78 Å². The van der Waals surface area contributed by atoms with Crippen LogP contribution in [0.5, 0.6) is 11.5 Å². The van der Waals surface area contributed by atoms with Gasteiger partial charge in [-0.15, -0.1) is 0 Å². The molecule has 186 valence electrons. The molecule has 1 aromatic heterocycles. The Balaban J connectivity index is 1.78. The van der Waals surface area contributed by atoms with Crippen LogP contribution in [0.1, 0.15) is 48.5 Å². The Morgan fingerprint density at radius 3 is 2.43 bits per heavy atom. The van der Waals surface area contributed by atoms with Crippen molar-refractivity contribution in [2.24, 2.45) is 0 Å². The van der Waals surface area contributed by atoms with Gasteiger partial charge in [-0.3, -0.25) is 0 Å². The number of nitrogens with zero attached hydrogens (tertiary/aromatic N) is 2. The number of benzene rings is 2. The normalized spacial score (nSPS) is 14.0. The third kappa shape index (κ3) is 5.93. The maximum absolute atomic E-state index is 12.3. The molecule has 0 aliphatic heterocycles. The molecule has 1 heterocycles. The van der Waals surface area contributed by atoms with E-state index in [9.17, 15) is 9.90 Å². The van der Waals surface area contributed by atoms with E-state index in [4.69, 9.17) is 24.0 Å². The van der Waals surface area contributed by atoms with Crippen LogP contribution in [0.2, 0.25) is 0 Å². The van der Waals surface area contributed by atoms with Crippen LogP contribution in [0, 0.1) is 0 Å². The lowest BCUT2D eigenvalue weighted by Crippen LogP contribution is -2.17. The summed E-state index contributed by atoms with van der Waals surface area (Å²) in [5.74, 6) is 0.101. The highest BCUT2D eigenvalue weighted by Crippen LogP contribution is 2.38. The Hall–Kier alpha value is -3.56. The van der Waals surface area contributed by atoms with Gasteiger partial charge in [-0.25, -0.2) is 9.48 Å². The van der Waals surface area contributed by atoms with E-state index in [-0.39, 0.29) is 30.9 Å². The van der Waals surface area contributed by atoms with Crippen LogP contribution in [-0.4, -0.2) is 48.7 Å². The van der Waals surface area contributed by atoms with Crippen LogP contribution in [-0.2, 0) is 9.47 Å². The Bertz CT molecular complexity index is 1130. The molecule has 1 saturated carbocycles. The van der Waals surface area contributed by atoms with Crippen molar-refractivity contribution in [1.29, 1.82) is 0 Å². The zero-order valence-corrected chi connectivity index (χ0v) is 20.0. The lowest BCUT2D eigenvalue weighted by molar-refractivity contribution is 0.0446. The number of rotatable bonds is 11. The summed E-state index contributed by atoms with van der Waals surface area (Å²) in [4.78, 5) is 12.3. The first kappa shape index (κ1) is 24.6. The molecule has 1 aliphatic carbocycles. The molecule has 1 aliphatic rings. The fraction of sp³-hybridized carbons (Fsp3) is 0.385. The predicted octanol–water partition coefficient (Wildman–Crippen LogP) is 5.46. The quantitative estimate of drug-likeness (QED) is 0.348. The summed E-state index contributed by atoms with van der Waals surface area (Å²) in [6.07, 6.45) is 5.54. The van der Waals surface area contributed by atoms with Gasteiger partial charge < -0.3 is 29.4 Å². The lowest BCUT2D eigenvalue weighted by atomic mass is 9.96. The highest BCUT2D eigenvalue weighted by atomic mass is 16.7. The number of carboxylic acid groups (broad SMARTS) is 1. The third-order valence-electron chi connectivity index (χ3n) is 5.95. The number of hydrogen-bond donors (Lipinski definition) is 2. The smallest absolute Gasteiger partial charge is 0.341 e. The summed E-state index contributed by atoms with van der Waals surface area (Å²) in [6.45, 7) is -0.0979. The molecule has 9 nitrogen and oxygen atoms in total. The molecule has 35 heavy (non-hydrogen) atoms. The van der Waals surface area contributed by atoms with Gasteiger partial charge in [0.1, 0.15) is 22.9 Å². The summed E-state index contributed by atoms with van der Waals surface area (Å²) in [5, 5.41) is 18.3. The molecule has 0 atom stereocenters. The van der Waals surface area contributed by atoms with Crippen LogP contribution in [0.4, 0.5) is 11.5 Å². The molecule has 0 bridgehead atoms. The summed E-state index contributed by atoms with van der Waals surface area (Å²) in [5.41, 5.74) is 2.11. The number of nitrogens with one attached hydrogen (secondary N) is 1. The van der Waals surface area contributed by atoms with Crippen LogP contribution in [0.15, 0.2) is 48.5 Å². The SMILES string of the molecule is COCOc1cc(Nc2cc(-c3ccccc3)nn2C2CCCCC2)c(C(=O)O)c(OCOC)c1. The second kappa shape index (κ2) is 11.7. The molecular weight excluding hydrogens is 450 g/mol. The molecule has 0 amide bonds. The fourth-order valence-electron chi connectivity index (χ4n) is 4.34. The van der Waals surface area contributed by atoms with Crippen molar-refractivity contribution >= 4 is 17.5 Å². The topological polar surface area (TPSA) is 104 Å². The Morgan fingerprint density at radius 2 is 1.74 bits per heavy atom. The van der Waals surface area contributed by atoms with E-state index in [1.165, 1.54) is 26.7 Å². The number of anilines is 2. The minimum atomic E-state index is -1.14. The van der Waals surface area contributed by atoms with Gasteiger partial charge in [0.15, 0.2) is 13.6 Å². The molecule has 2 aromatic carbocycles. The van der Waals surface area contributed by atoms with Crippen LogP contribution >= 0.6 is 0 Å². The van der Waals surface area contributed by atoms with Gasteiger partial charge in [0.2, 0.25) is 0 Å². The summed E-state index contributed by atoms with van der Waals surface area (Å²) in [6, 6.07) is 15.3. The number of methoxy groups -OCH3 is 2. The average Bonchev–Trinajstić information content (AvgIpc) is 3.30. The van der Waals surface area contributed by atoms with Crippen molar-refractivity contribution < 1.29 is 28.8 Å². The van der Waals surface area contributed by atoms with Gasteiger partial charge >= 0.3 is 5.97 Å². The van der Waals surface area contributed by atoms with E-state index in [1.54, 1.807) is 6.07 Å². The Labute approximate surface area is 204 Å². The number of hydrogen-bond acceptors (Lipinski definition) is 7. The highest BCUT2D eigenvalue weighted by molar-refractivity contribution is 5.98. The molecule has 3 aromatic rings. The summed E-state index contributed by atoms with van der Waals surface area (Å²) >= 11 is 0. The summed E-state index contributed by atoms with van der Waals surface area (Å²) < 4.78 is 23.2. The minimum absolute atomic E-state index is 0.00768. The second-order valence-corrected chi connectivity index (χ2v) is 8.39. The molecule has 4 rings (SSSR count). The highest BCUT2D eigenvalue weighted by Gasteiger charge is 2.24. The first-order chi connectivity index (χ1) is 17.1. The van der Waals surface area contributed by atoms with Gasteiger partial charge in [-0.05, 0) is 12.8 Å². The van der Waals surface area contributed by atoms with Crippen molar-refractivity contribution in [2.75, 3.05) is 33.1 Å². The van der Waals surface area contributed by atoms with Gasteiger partial charge in [-0.2, -0.15) is 5.10 Å². The number of carboxylic acids is 1. The average molecular weight is 482 g/mol. The summed E-state index contributed by atoms with van der Waals surface area (Å²) in [7, 11) is 2.99. The first-order valence-electron chi connectivity index (χ1n) is 11.7. The fourth-order valence-corrected chi connectivity index (χ4v) is 4.34. The Kier molecular flexibility index (Phi) is 8.23. The molecule has 0 unspecified atom stereocenters. The number of ether oxygens (including phenoxy) is 4. The lowest BCUT2D eigenvalue weighted by Gasteiger charge is -2.24. The minimum Gasteiger partial charge on any atom is -0.477 e. The molecule has 0 saturated heterocycles. The van der Waals surface area contributed by atoms with Crippen molar-refractivity contribution in [3.05, 3.63) is 54.1 Å². The van der Waals surface area contributed by atoms with E-state index < -0.39 is 5.97 Å². The van der Waals surface area contributed by atoms with Crippen LogP contribution in [0.25, 0.3) is 11.3 Å². The monoisotopic (exact) mass is 481 g/mol. The largest absolute Gasteiger partial charge is 0.477 e. The van der Waals surface area contributed by atoms with Crippen molar-refractivity contribution in [2.45, 2.75) is 38.1 Å². The van der Waals surface area contributed by atoms with E-state index in [1.807, 2.05) is 41.1 Å². The zero-order valence-electron chi connectivity index (χ0n) is 20.0. The number of aromatic nitrogens is 2.